The van der Waals surface area contributed by atoms with Crippen molar-refractivity contribution in [3.05, 3.63) is 78.1 Å². The number of rotatable bonds is 6. The molecule has 2 aliphatic heterocycles. The van der Waals surface area contributed by atoms with E-state index in [1.165, 1.54) is 12.1 Å². The number of piperidine rings is 1. The minimum atomic E-state index is -4.12. The summed E-state index contributed by atoms with van der Waals surface area (Å²) in [4.78, 5) is 2.07. The molecule has 0 radical (unpaired) electrons. The summed E-state index contributed by atoms with van der Waals surface area (Å²) in [6, 6.07) is 12.0. The SMILES string of the molecule is O=S1(=O)[C@@H](c2ccccc2)CC[C@H](C(F)F)N1Cc1ccc(N2CCC(n3cnnc3)CC2)cc1F. The number of anilines is 1. The molecule has 0 spiro atoms. The molecule has 0 aliphatic carbocycles. The molecule has 5 rings (SSSR count). The second kappa shape index (κ2) is 10.2. The Bertz CT molecular complexity index is 1270. The summed E-state index contributed by atoms with van der Waals surface area (Å²) in [6.07, 6.45) is 2.35. The number of benzene rings is 2. The number of hydrogen-bond acceptors (Lipinski definition) is 5. The van der Waals surface area contributed by atoms with Gasteiger partial charge >= 0.3 is 0 Å². The minimum Gasteiger partial charge on any atom is -0.371 e. The Hall–Kier alpha value is -2.92. The fourth-order valence-corrected chi connectivity index (χ4v) is 7.44. The van der Waals surface area contributed by atoms with Crippen molar-refractivity contribution in [2.24, 2.45) is 0 Å². The van der Waals surface area contributed by atoms with E-state index in [0.29, 0.717) is 24.3 Å². The molecular formula is C25H28F3N5O2S. The van der Waals surface area contributed by atoms with E-state index in [9.17, 15) is 17.2 Å². The predicted molar refractivity (Wildman–Crippen MR) is 130 cm³/mol. The Morgan fingerprint density at radius 2 is 1.64 bits per heavy atom. The van der Waals surface area contributed by atoms with Gasteiger partial charge in [-0.2, -0.15) is 4.31 Å². The summed E-state index contributed by atoms with van der Waals surface area (Å²) in [5.74, 6) is -0.599. The molecule has 7 nitrogen and oxygen atoms in total. The van der Waals surface area contributed by atoms with E-state index in [0.717, 1.165) is 17.1 Å². The summed E-state index contributed by atoms with van der Waals surface area (Å²) in [6.45, 7) is 1.01. The van der Waals surface area contributed by atoms with Crippen LogP contribution in [0.25, 0.3) is 0 Å². The van der Waals surface area contributed by atoms with E-state index < -0.39 is 40.1 Å². The second-order valence-electron chi connectivity index (χ2n) is 9.37. The Morgan fingerprint density at radius 3 is 2.28 bits per heavy atom. The monoisotopic (exact) mass is 519 g/mol. The number of nitrogens with zero attached hydrogens (tertiary/aromatic N) is 5. The highest BCUT2D eigenvalue weighted by atomic mass is 32.2. The number of halogens is 3. The lowest BCUT2D eigenvalue weighted by atomic mass is 10.0. The van der Waals surface area contributed by atoms with Crippen LogP contribution in [-0.4, -0.2) is 53.0 Å². The van der Waals surface area contributed by atoms with Crippen LogP contribution in [0.2, 0.25) is 0 Å². The first-order valence-corrected chi connectivity index (χ1v) is 13.6. The maximum absolute atomic E-state index is 15.2. The quantitative estimate of drug-likeness (QED) is 0.478. The number of hydrogen-bond donors (Lipinski definition) is 0. The first kappa shape index (κ1) is 24.8. The average molecular weight is 520 g/mol. The van der Waals surface area contributed by atoms with Crippen LogP contribution in [-0.2, 0) is 16.6 Å². The maximum atomic E-state index is 15.2. The Balaban J connectivity index is 1.34. The topological polar surface area (TPSA) is 71.3 Å². The molecule has 3 aromatic rings. The standard InChI is InChI=1S/C25H28F3N5O2S/c26-22-14-21(31-12-10-20(11-13-31)32-16-29-30-17-32)7-6-19(22)15-33-23(25(27)28)8-9-24(36(33,34)35)18-4-2-1-3-5-18/h1-7,14,16-17,20,23-25H,8-13,15H2/t23-,24-/m1/s1. The third-order valence-corrected chi connectivity index (χ3v) is 9.57. The van der Waals surface area contributed by atoms with E-state index in [1.807, 2.05) is 4.57 Å². The normalized spacial score (nSPS) is 23.3. The summed E-state index contributed by atoms with van der Waals surface area (Å²) in [5.41, 5.74) is 1.33. The van der Waals surface area contributed by atoms with E-state index >= 15 is 4.39 Å². The molecule has 1 aromatic heterocycles. The van der Waals surface area contributed by atoms with Gasteiger partial charge in [-0.05, 0) is 43.4 Å². The number of alkyl halides is 2. The van der Waals surface area contributed by atoms with Crippen LogP contribution in [0.5, 0.6) is 0 Å². The fourth-order valence-electron chi connectivity index (χ4n) is 5.28. The van der Waals surface area contributed by atoms with Gasteiger partial charge in [-0.15, -0.1) is 10.2 Å². The zero-order valence-corrected chi connectivity index (χ0v) is 20.4. The van der Waals surface area contributed by atoms with E-state index in [-0.39, 0.29) is 24.4 Å². The lowest BCUT2D eigenvalue weighted by Gasteiger charge is -2.39. The predicted octanol–water partition coefficient (Wildman–Crippen LogP) is 4.56. The summed E-state index contributed by atoms with van der Waals surface area (Å²) >= 11 is 0. The van der Waals surface area contributed by atoms with Crippen molar-refractivity contribution in [1.29, 1.82) is 0 Å². The van der Waals surface area contributed by atoms with Gasteiger partial charge in [0.05, 0.1) is 6.04 Å². The van der Waals surface area contributed by atoms with Gasteiger partial charge in [0.2, 0.25) is 10.0 Å². The molecule has 192 valence electrons. The molecule has 2 fully saturated rings. The highest BCUT2D eigenvalue weighted by Gasteiger charge is 2.45. The van der Waals surface area contributed by atoms with Crippen molar-refractivity contribution < 1.29 is 21.6 Å². The first-order valence-electron chi connectivity index (χ1n) is 12.1. The molecule has 36 heavy (non-hydrogen) atoms. The Morgan fingerprint density at radius 1 is 0.944 bits per heavy atom. The lowest BCUT2D eigenvalue weighted by Crippen LogP contribution is -2.49. The Kier molecular flexibility index (Phi) is 7.03. The van der Waals surface area contributed by atoms with Crippen LogP contribution < -0.4 is 4.90 Å². The maximum Gasteiger partial charge on any atom is 0.255 e. The summed E-state index contributed by atoms with van der Waals surface area (Å²) in [7, 11) is -4.12. The van der Waals surface area contributed by atoms with Gasteiger partial charge in [0.15, 0.2) is 0 Å². The van der Waals surface area contributed by atoms with Gasteiger partial charge in [-0.1, -0.05) is 36.4 Å². The molecular weight excluding hydrogens is 491 g/mol. The number of sulfonamides is 1. The highest BCUT2D eigenvalue weighted by Crippen LogP contribution is 2.40. The lowest BCUT2D eigenvalue weighted by molar-refractivity contribution is 0.0473. The van der Waals surface area contributed by atoms with Crippen molar-refractivity contribution in [3.63, 3.8) is 0 Å². The molecule has 0 amide bonds. The van der Waals surface area contributed by atoms with Crippen LogP contribution >= 0.6 is 0 Å². The van der Waals surface area contributed by atoms with Gasteiger partial charge in [-0.3, -0.25) is 0 Å². The first-order chi connectivity index (χ1) is 17.3. The average Bonchev–Trinajstić information content (AvgIpc) is 3.41. The molecule has 3 heterocycles. The van der Waals surface area contributed by atoms with Crippen molar-refractivity contribution in [2.75, 3.05) is 18.0 Å². The largest absolute Gasteiger partial charge is 0.371 e. The minimum absolute atomic E-state index is 0.0114. The molecule has 2 saturated heterocycles. The van der Waals surface area contributed by atoms with Crippen molar-refractivity contribution in [1.82, 2.24) is 19.1 Å². The highest BCUT2D eigenvalue weighted by molar-refractivity contribution is 7.89. The van der Waals surface area contributed by atoms with E-state index in [4.69, 9.17) is 0 Å². The van der Waals surface area contributed by atoms with Crippen molar-refractivity contribution >= 4 is 15.7 Å². The third kappa shape index (κ3) is 4.86. The molecule has 0 N–H and O–H groups in total. The van der Waals surface area contributed by atoms with Crippen molar-refractivity contribution in [3.8, 4) is 0 Å². The van der Waals surface area contributed by atoms with Gasteiger partial charge in [0.25, 0.3) is 6.43 Å². The van der Waals surface area contributed by atoms with E-state index in [1.54, 1.807) is 49.1 Å². The smallest absolute Gasteiger partial charge is 0.255 e. The van der Waals surface area contributed by atoms with Crippen LogP contribution in [0.4, 0.5) is 18.9 Å². The Labute approximate surface area is 208 Å². The molecule has 2 atom stereocenters. The zero-order chi connectivity index (χ0) is 25.3. The van der Waals surface area contributed by atoms with Gasteiger partial charge in [0.1, 0.15) is 23.7 Å². The second-order valence-corrected chi connectivity index (χ2v) is 11.4. The third-order valence-electron chi connectivity index (χ3n) is 7.29. The zero-order valence-electron chi connectivity index (χ0n) is 19.6. The van der Waals surface area contributed by atoms with Crippen LogP contribution in [0.1, 0.15) is 48.1 Å². The van der Waals surface area contributed by atoms with Gasteiger partial charge in [0, 0.05) is 36.9 Å². The fraction of sp³-hybridized carbons (Fsp3) is 0.440. The molecule has 2 aliphatic rings. The van der Waals surface area contributed by atoms with Gasteiger partial charge in [-0.25, -0.2) is 21.6 Å². The number of aromatic nitrogens is 3. The molecule has 0 bridgehead atoms. The van der Waals surface area contributed by atoms with E-state index in [2.05, 4.69) is 15.1 Å². The molecule has 0 unspecified atom stereocenters. The molecule has 0 saturated carbocycles. The van der Waals surface area contributed by atoms with Crippen LogP contribution in [0.3, 0.4) is 0 Å². The van der Waals surface area contributed by atoms with Crippen LogP contribution in [0.15, 0.2) is 61.2 Å². The summed E-state index contributed by atoms with van der Waals surface area (Å²) < 4.78 is 72.6. The van der Waals surface area contributed by atoms with Crippen LogP contribution in [0, 0.1) is 5.82 Å². The molecule has 11 heteroatoms. The molecule has 2 aromatic carbocycles. The van der Waals surface area contributed by atoms with Crippen molar-refractivity contribution in [2.45, 2.75) is 56.0 Å². The summed E-state index contributed by atoms with van der Waals surface area (Å²) in [5, 5.41) is 6.77. The van der Waals surface area contributed by atoms with Gasteiger partial charge < -0.3 is 9.47 Å².